The van der Waals surface area contributed by atoms with E-state index in [2.05, 4.69) is 15.5 Å². The third-order valence-electron chi connectivity index (χ3n) is 3.84. The van der Waals surface area contributed by atoms with Gasteiger partial charge in [-0.3, -0.25) is 0 Å². The van der Waals surface area contributed by atoms with E-state index in [4.69, 9.17) is 10.5 Å². The first-order chi connectivity index (χ1) is 10.8. The smallest absolute Gasteiger partial charge is 0.407 e. The van der Waals surface area contributed by atoms with E-state index in [0.29, 0.717) is 0 Å². The lowest BCUT2D eigenvalue weighted by atomic mass is 10.0. The number of carbonyl (C=O) groups excluding carboxylic acids is 1. The topological polar surface area (TPSA) is 79.6 Å². The van der Waals surface area contributed by atoms with Gasteiger partial charge in [-0.25, -0.2) is 4.79 Å². The van der Waals surface area contributed by atoms with Crippen LogP contribution in [-0.4, -0.2) is 37.9 Å². The van der Waals surface area contributed by atoms with Gasteiger partial charge in [-0.1, -0.05) is 6.07 Å². The van der Waals surface area contributed by atoms with E-state index in [1.807, 2.05) is 46.0 Å². The highest BCUT2D eigenvalue weighted by Gasteiger charge is 2.25. The van der Waals surface area contributed by atoms with Gasteiger partial charge in [0.05, 0.1) is 17.1 Å². The summed E-state index contributed by atoms with van der Waals surface area (Å²) in [5, 5.41) is 6.07. The van der Waals surface area contributed by atoms with E-state index in [9.17, 15) is 4.79 Å². The molecule has 0 aromatic heterocycles. The molecule has 1 aliphatic rings. The van der Waals surface area contributed by atoms with E-state index in [0.717, 1.165) is 43.0 Å². The van der Waals surface area contributed by atoms with E-state index >= 15 is 0 Å². The van der Waals surface area contributed by atoms with Crippen LogP contribution in [0.3, 0.4) is 0 Å². The fourth-order valence-electron chi connectivity index (χ4n) is 2.83. The first kappa shape index (κ1) is 17.2. The van der Waals surface area contributed by atoms with Gasteiger partial charge in [0.15, 0.2) is 0 Å². The molecule has 4 N–H and O–H groups in total. The summed E-state index contributed by atoms with van der Waals surface area (Å²) >= 11 is 0. The molecule has 1 aromatic carbocycles. The van der Waals surface area contributed by atoms with Gasteiger partial charge in [-0.15, -0.1) is 0 Å². The van der Waals surface area contributed by atoms with Crippen molar-refractivity contribution < 1.29 is 9.53 Å². The number of anilines is 3. The summed E-state index contributed by atoms with van der Waals surface area (Å²) in [6.45, 7) is 7.26. The number of para-hydroxylation sites is 1. The van der Waals surface area contributed by atoms with E-state index in [1.165, 1.54) is 0 Å². The number of hydrogen-bond donors (Lipinski definition) is 3. The maximum absolute atomic E-state index is 12.0. The fourth-order valence-corrected chi connectivity index (χ4v) is 2.83. The van der Waals surface area contributed by atoms with Crippen molar-refractivity contribution >= 4 is 23.2 Å². The molecule has 6 heteroatoms. The second-order valence-electron chi connectivity index (χ2n) is 6.92. The second-order valence-corrected chi connectivity index (χ2v) is 6.92. The van der Waals surface area contributed by atoms with Crippen molar-refractivity contribution in [3.63, 3.8) is 0 Å². The van der Waals surface area contributed by atoms with Crippen LogP contribution in [0, 0.1) is 0 Å². The minimum atomic E-state index is -0.482. The van der Waals surface area contributed by atoms with Gasteiger partial charge in [0.25, 0.3) is 0 Å². The molecule has 1 fully saturated rings. The van der Waals surface area contributed by atoms with Gasteiger partial charge in [-0.05, 0) is 45.7 Å². The SMILES string of the molecule is CNc1cccc(N2CCC[C@@H](NC(=O)OC(C)(C)C)C2)c1N. The number of nitrogen functional groups attached to an aromatic ring is 1. The lowest BCUT2D eigenvalue weighted by Gasteiger charge is -2.36. The number of piperidine rings is 1. The summed E-state index contributed by atoms with van der Waals surface area (Å²) in [5.74, 6) is 0. The van der Waals surface area contributed by atoms with Crippen LogP contribution >= 0.6 is 0 Å². The van der Waals surface area contributed by atoms with Crippen molar-refractivity contribution in [3.05, 3.63) is 18.2 Å². The van der Waals surface area contributed by atoms with Crippen molar-refractivity contribution in [2.24, 2.45) is 0 Å². The molecule has 6 nitrogen and oxygen atoms in total. The first-order valence-electron chi connectivity index (χ1n) is 8.11. The Morgan fingerprint density at radius 3 is 2.78 bits per heavy atom. The molecule has 0 unspecified atom stereocenters. The second kappa shape index (κ2) is 6.98. The third kappa shape index (κ3) is 4.68. The van der Waals surface area contributed by atoms with Crippen molar-refractivity contribution in [3.8, 4) is 0 Å². The highest BCUT2D eigenvalue weighted by molar-refractivity contribution is 5.81. The minimum Gasteiger partial charge on any atom is -0.444 e. The molecule has 128 valence electrons. The Balaban J connectivity index is 2.02. The van der Waals surface area contributed by atoms with E-state index in [1.54, 1.807) is 0 Å². The van der Waals surface area contributed by atoms with Gasteiger partial charge in [0, 0.05) is 26.2 Å². The Hall–Kier alpha value is -2.11. The number of ether oxygens (including phenoxy) is 1. The zero-order chi connectivity index (χ0) is 17.0. The quantitative estimate of drug-likeness (QED) is 0.746. The molecular weight excluding hydrogens is 292 g/mol. The van der Waals surface area contributed by atoms with Crippen molar-refractivity contribution in [1.82, 2.24) is 5.32 Å². The Bertz CT molecular complexity index is 554. The van der Waals surface area contributed by atoms with Crippen LogP contribution in [0.4, 0.5) is 21.9 Å². The zero-order valence-electron chi connectivity index (χ0n) is 14.5. The number of alkyl carbamates (subject to hydrolysis) is 1. The molecule has 0 spiro atoms. The molecule has 0 bridgehead atoms. The normalized spacial score (nSPS) is 18.4. The molecule has 23 heavy (non-hydrogen) atoms. The van der Waals surface area contributed by atoms with Gasteiger partial charge in [0.1, 0.15) is 5.60 Å². The highest BCUT2D eigenvalue weighted by Crippen LogP contribution is 2.31. The van der Waals surface area contributed by atoms with Crippen molar-refractivity contribution in [2.45, 2.75) is 45.3 Å². The zero-order valence-corrected chi connectivity index (χ0v) is 14.5. The molecule has 1 atom stereocenters. The summed E-state index contributed by atoms with van der Waals surface area (Å²) < 4.78 is 5.34. The average molecular weight is 320 g/mol. The van der Waals surface area contributed by atoms with Crippen LogP contribution in [0.25, 0.3) is 0 Å². The predicted molar refractivity (Wildman–Crippen MR) is 95.0 cm³/mol. The molecule has 1 heterocycles. The molecule has 0 radical (unpaired) electrons. The lowest BCUT2D eigenvalue weighted by Crippen LogP contribution is -2.49. The molecule has 1 aromatic rings. The summed E-state index contributed by atoms with van der Waals surface area (Å²) in [6, 6.07) is 6.03. The highest BCUT2D eigenvalue weighted by atomic mass is 16.6. The van der Waals surface area contributed by atoms with Crippen LogP contribution in [0.2, 0.25) is 0 Å². The predicted octanol–water partition coefficient (Wildman–Crippen LogP) is 2.80. The molecule has 2 rings (SSSR count). The van der Waals surface area contributed by atoms with Crippen molar-refractivity contribution in [1.29, 1.82) is 0 Å². The summed E-state index contributed by atoms with van der Waals surface area (Å²) in [7, 11) is 1.86. The molecule has 0 aliphatic carbocycles. The number of benzene rings is 1. The Morgan fingerprint density at radius 2 is 2.13 bits per heavy atom. The minimum absolute atomic E-state index is 0.0660. The number of amides is 1. The van der Waals surface area contributed by atoms with Crippen LogP contribution in [0.1, 0.15) is 33.6 Å². The lowest BCUT2D eigenvalue weighted by molar-refractivity contribution is 0.0500. The van der Waals surface area contributed by atoms with Gasteiger partial charge < -0.3 is 26.0 Å². The maximum Gasteiger partial charge on any atom is 0.407 e. The van der Waals surface area contributed by atoms with Crippen LogP contribution < -0.4 is 21.3 Å². The summed E-state index contributed by atoms with van der Waals surface area (Å²) in [5.41, 5.74) is 8.43. The molecule has 1 aliphatic heterocycles. The average Bonchev–Trinajstić information content (AvgIpc) is 2.45. The maximum atomic E-state index is 12.0. The van der Waals surface area contributed by atoms with E-state index in [-0.39, 0.29) is 12.1 Å². The monoisotopic (exact) mass is 320 g/mol. The van der Waals surface area contributed by atoms with Crippen LogP contribution in [-0.2, 0) is 4.74 Å². The first-order valence-corrected chi connectivity index (χ1v) is 8.11. The number of nitrogens with two attached hydrogens (primary N) is 1. The summed E-state index contributed by atoms with van der Waals surface area (Å²) in [6.07, 6.45) is 1.59. The number of nitrogens with one attached hydrogen (secondary N) is 2. The number of nitrogens with zero attached hydrogens (tertiary/aromatic N) is 1. The van der Waals surface area contributed by atoms with Gasteiger partial charge in [0.2, 0.25) is 0 Å². The number of carbonyl (C=O) groups is 1. The van der Waals surface area contributed by atoms with Crippen LogP contribution in [0.15, 0.2) is 18.2 Å². The number of hydrogen-bond acceptors (Lipinski definition) is 5. The van der Waals surface area contributed by atoms with Crippen LogP contribution in [0.5, 0.6) is 0 Å². The Labute approximate surface area is 138 Å². The molecule has 1 amide bonds. The largest absolute Gasteiger partial charge is 0.444 e. The molecule has 1 saturated heterocycles. The third-order valence-corrected chi connectivity index (χ3v) is 3.84. The molecule has 0 saturated carbocycles. The van der Waals surface area contributed by atoms with Crippen molar-refractivity contribution in [2.75, 3.05) is 36.1 Å². The van der Waals surface area contributed by atoms with Gasteiger partial charge in [-0.2, -0.15) is 0 Å². The van der Waals surface area contributed by atoms with E-state index < -0.39 is 5.60 Å². The fraction of sp³-hybridized carbons (Fsp3) is 0.588. The molecular formula is C17H28N4O2. The number of rotatable bonds is 3. The Morgan fingerprint density at radius 1 is 1.39 bits per heavy atom. The standard InChI is InChI=1S/C17H28N4O2/c1-17(2,3)23-16(22)20-12-7-6-10-21(11-12)14-9-5-8-13(19-4)15(14)18/h5,8-9,12,19H,6-7,10-11,18H2,1-4H3,(H,20,22)/t12-/m1/s1. The Kier molecular flexibility index (Phi) is 5.23. The van der Waals surface area contributed by atoms with Gasteiger partial charge >= 0.3 is 6.09 Å². The summed E-state index contributed by atoms with van der Waals surface area (Å²) in [4.78, 5) is 14.2.